The Morgan fingerprint density at radius 1 is 1.44 bits per heavy atom. The van der Waals surface area contributed by atoms with Crippen molar-refractivity contribution in [2.75, 3.05) is 20.3 Å². The Kier molecular flexibility index (Phi) is 8.24. The van der Waals surface area contributed by atoms with Crippen LogP contribution in [0, 0.1) is 0 Å². The predicted molar refractivity (Wildman–Crippen MR) is 59.4 cm³/mol. The van der Waals surface area contributed by atoms with Gasteiger partial charge in [0, 0.05) is 32.7 Å². The zero-order chi connectivity index (χ0) is 12.4. The molecular formula is C10H20N2O4. The number of amides is 2. The molecule has 2 amide bonds. The van der Waals surface area contributed by atoms with Crippen LogP contribution in [0.1, 0.15) is 26.2 Å². The Labute approximate surface area is 95.4 Å². The van der Waals surface area contributed by atoms with Crippen LogP contribution >= 0.6 is 0 Å². The second-order valence-corrected chi connectivity index (χ2v) is 3.58. The summed E-state index contributed by atoms with van der Waals surface area (Å²) < 4.78 is 4.88. The summed E-state index contributed by atoms with van der Waals surface area (Å²) >= 11 is 0. The summed E-state index contributed by atoms with van der Waals surface area (Å²) in [6.45, 7) is 2.85. The number of aliphatic carboxylic acids is 1. The van der Waals surface area contributed by atoms with Crippen molar-refractivity contribution in [2.24, 2.45) is 0 Å². The number of methoxy groups -OCH3 is 1. The molecule has 0 aliphatic rings. The third-order valence-corrected chi connectivity index (χ3v) is 1.99. The molecule has 0 saturated carbocycles. The molecule has 0 fully saturated rings. The highest BCUT2D eigenvalue weighted by Crippen LogP contribution is 1.91. The normalized spacial score (nSPS) is 11.9. The lowest BCUT2D eigenvalue weighted by atomic mass is 10.2. The molecule has 0 aromatic rings. The maximum Gasteiger partial charge on any atom is 0.314 e. The second kappa shape index (κ2) is 8.96. The van der Waals surface area contributed by atoms with Crippen LogP contribution in [-0.4, -0.2) is 43.4 Å². The van der Waals surface area contributed by atoms with Crippen molar-refractivity contribution in [2.45, 2.75) is 32.2 Å². The first-order chi connectivity index (χ1) is 7.56. The Balaban J connectivity index is 3.46. The number of carboxylic acid groups (broad SMARTS) is 1. The SMILES string of the molecule is COCCC(C)NC(=O)NCCCC(=O)O. The van der Waals surface area contributed by atoms with E-state index in [1.165, 1.54) is 0 Å². The van der Waals surface area contributed by atoms with E-state index in [2.05, 4.69) is 10.6 Å². The van der Waals surface area contributed by atoms with Crippen molar-refractivity contribution in [3.63, 3.8) is 0 Å². The summed E-state index contributed by atoms with van der Waals surface area (Å²) in [5, 5.41) is 13.7. The molecule has 94 valence electrons. The molecule has 0 saturated heterocycles. The maximum absolute atomic E-state index is 11.3. The Hall–Kier alpha value is -1.30. The van der Waals surface area contributed by atoms with Crippen LogP contribution in [0.2, 0.25) is 0 Å². The standard InChI is InChI=1S/C10H20N2O4/c1-8(5-7-16-2)12-10(15)11-6-3-4-9(13)14/h8H,3-7H2,1-2H3,(H,13,14)(H2,11,12,15). The molecule has 0 aliphatic carbocycles. The first-order valence-electron chi connectivity index (χ1n) is 5.31. The molecule has 0 rings (SSSR count). The van der Waals surface area contributed by atoms with E-state index in [0.29, 0.717) is 19.6 Å². The number of rotatable bonds is 8. The van der Waals surface area contributed by atoms with E-state index in [9.17, 15) is 9.59 Å². The number of nitrogens with one attached hydrogen (secondary N) is 2. The average molecular weight is 232 g/mol. The van der Waals surface area contributed by atoms with Gasteiger partial charge in [-0.1, -0.05) is 0 Å². The van der Waals surface area contributed by atoms with Crippen LogP contribution in [0.4, 0.5) is 4.79 Å². The van der Waals surface area contributed by atoms with E-state index in [1.807, 2.05) is 6.92 Å². The maximum atomic E-state index is 11.3. The lowest BCUT2D eigenvalue weighted by Crippen LogP contribution is -2.41. The van der Waals surface area contributed by atoms with Crippen molar-refractivity contribution in [1.82, 2.24) is 10.6 Å². The fourth-order valence-electron chi connectivity index (χ4n) is 1.08. The highest BCUT2D eigenvalue weighted by molar-refractivity contribution is 5.74. The number of hydrogen-bond donors (Lipinski definition) is 3. The van der Waals surface area contributed by atoms with Crippen LogP contribution in [-0.2, 0) is 9.53 Å². The lowest BCUT2D eigenvalue weighted by Gasteiger charge is -2.13. The van der Waals surface area contributed by atoms with E-state index in [-0.39, 0.29) is 18.5 Å². The smallest absolute Gasteiger partial charge is 0.314 e. The number of carbonyl (C=O) groups is 2. The fourth-order valence-corrected chi connectivity index (χ4v) is 1.08. The van der Waals surface area contributed by atoms with Crippen molar-refractivity contribution in [3.05, 3.63) is 0 Å². The third kappa shape index (κ3) is 9.26. The first-order valence-corrected chi connectivity index (χ1v) is 5.31. The molecule has 0 heterocycles. The number of ether oxygens (including phenoxy) is 1. The summed E-state index contributed by atoms with van der Waals surface area (Å²) in [5.74, 6) is -0.851. The molecule has 0 bridgehead atoms. The van der Waals surface area contributed by atoms with Gasteiger partial charge in [0.1, 0.15) is 0 Å². The highest BCUT2D eigenvalue weighted by atomic mass is 16.5. The van der Waals surface area contributed by atoms with Crippen LogP contribution in [0.3, 0.4) is 0 Å². The number of urea groups is 1. The van der Waals surface area contributed by atoms with Gasteiger partial charge in [-0.25, -0.2) is 4.79 Å². The van der Waals surface area contributed by atoms with Gasteiger partial charge >= 0.3 is 12.0 Å². The third-order valence-electron chi connectivity index (χ3n) is 1.99. The first kappa shape index (κ1) is 14.7. The molecule has 6 heteroatoms. The van der Waals surface area contributed by atoms with Gasteiger partial charge in [0.2, 0.25) is 0 Å². The molecule has 0 radical (unpaired) electrons. The molecule has 6 nitrogen and oxygen atoms in total. The van der Waals surface area contributed by atoms with Gasteiger partial charge in [-0.2, -0.15) is 0 Å². The van der Waals surface area contributed by atoms with Crippen molar-refractivity contribution in [3.8, 4) is 0 Å². The lowest BCUT2D eigenvalue weighted by molar-refractivity contribution is -0.137. The molecule has 16 heavy (non-hydrogen) atoms. The summed E-state index contributed by atoms with van der Waals surface area (Å²) in [5.41, 5.74) is 0. The zero-order valence-electron chi connectivity index (χ0n) is 9.78. The van der Waals surface area contributed by atoms with Crippen molar-refractivity contribution in [1.29, 1.82) is 0 Å². The molecule has 0 aliphatic heterocycles. The largest absolute Gasteiger partial charge is 0.481 e. The summed E-state index contributed by atoms with van der Waals surface area (Å²) in [6.07, 6.45) is 1.26. The van der Waals surface area contributed by atoms with Gasteiger partial charge in [0.05, 0.1) is 0 Å². The molecule has 0 aromatic carbocycles. The number of hydrogen-bond acceptors (Lipinski definition) is 3. The molecule has 3 N–H and O–H groups in total. The molecular weight excluding hydrogens is 212 g/mol. The van der Waals surface area contributed by atoms with Crippen LogP contribution in [0.5, 0.6) is 0 Å². The van der Waals surface area contributed by atoms with E-state index in [0.717, 1.165) is 6.42 Å². The van der Waals surface area contributed by atoms with E-state index < -0.39 is 5.97 Å². The zero-order valence-corrected chi connectivity index (χ0v) is 9.78. The van der Waals surface area contributed by atoms with Crippen molar-refractivity contribution < 1.29 is 19.4 Å². The average Bonchev–Trinajstić information content (AvgIpc) is 2.21. The Bertz CT molecular complexity index is 221. The summed E-state index contributed by atoms with van der Waals surface area (Å²) in [6, 6.07) is -0.228. The van der Waals surface area contributed by atoms with E-state index in [4.69, 9.17) is 9.84 Å². The molecule has 1 unspecified atom stereocenters. The van der Waals surface area contributed by atoms with Gasteiger partial charge in [0.25, 0.3) is 0 Å². The van der Waals surface area contributed by atoms with Crippen LogP contribution in [0.15, 0.2) is 0 Å². The van der Waals surface area contributed by atoms with Gasteiger partial charge in [-0.05, 0) is 19.8 Å². The summed E-state index contributed by atoms with van der Waals surface area (Å²) in [7, 11) is 1.61. The molecule has 0 aromatic heterocycles. The van der Waals surface area contributed by atoms with Crippen molar-refractivity contribution >= 4 is 12.0 Å². The number of carboxylic acids is 1. The molecule has 0 spiro atoms. The molecule has 1 atom stereocenters. The highest BCUT2D eigenvalue weighted by Gasteiger charge is 2.06. The van der Waals surface area contributed by atoms with Gasteiger partial charge < -0.3 is 20.5 Å². The van der Waals surface area contributed by atoms with Gasteiger partial charge in [-0.3, -0.25) is 4.79 Å². The second-order valence-electron chi connectivity index (χ2n) is 3.58. The monoisotopic (exact) mass is 232 g/mol. The van der Waals surface area contributed by atoms with Gasteiger partial charge in [-0.15, -0.1) is 0 Å². The topological polar surface area (TPSA) is 87.7 Å². The Morgan fingerprint density at radius 2 is 2.12 bits per heavy atom. The van der Waals surface area contributed by atoms with Crippen LogP contribution < -0.4 is 10.6 Å². The predicted octanol–water partition coefficient (Wildman–Crippen LogP) is 0.575. The minimum absolute atomic E-state index is 0.0411. The quantitative estimate of drug-likeness (QED) is 0.534. The minimum atomic E-state index is -0.851. The fraction of sp³-hybridized carbons (Fsp3) is 0.800. The van der Waals surface area contributed by atoms with E-state index >= 15 is 0 Å². The van der Waals surface area contributed by atoms with Gasteiger partial charge in [0.15, 0.2) is 0 Å². The van der Waals surface area contributed by atoms with E-state index in [1.54, 1.807) is 7.11 Å². The Morgan fingerprint density at radius 3 is 2.69 bits per heavy atom. The number of carbonyl (C=O) groups excluding carboxylic acids is 1. The minimum Gasteiger partial charge on any atom is -0.481 e. The summed E-state index contributed by atoms with van der Waals surface area (Å²) in [4.78, 5) is 21.4. The van der Waals surface area contributed by atoms with Crippen LogP contribution in [0.25, 0.3) is 0 Å².